The van der Waals surface area contributed by atoms with Crippen molar-refractivity contribution in [1.29, 1.82) is 0 Å². The van der Waals surface area contributed by atoms with E-state index in [1.807, 2.05) is 0 Å². The highest BCUT2D eigenvalue weighted by molar-refractivity contribution is 5.77. The SMILES string of the molecule is CCCCOC1(C(=O)O)CCCCCCC1. The summed E-state index contributed by atoms with van der Waals surface area (Å²) in [6.45, 7) is 2.68. The van der Waals surface area contributed by atoms with Gasteiger partial charge in [0.25, 0.3) is 0 Å². The van der Waals surface area contributed by atoms with Crippen LogP contribution >= 0.6 is 0 Å². The number of carbonyl (C=O) groups is 1. The number of aliphatic carboxylic acids is 1. The van der Waals surface area contributed by atoms with Crippen LogP contribution in [-0.2, 0) is 9.53 Å². The van der Waals surface area contributed by atoms with Gasteiger partial charge in [-0.1, -0.05) is 32.6 Å². The van der Waals surface area contributed by atoms with E-state index in [0.29, 0.717) is 19.4 Å². The minimum absolute atomic E-state index is 0.586. The molecule has 0 unspecified atom stereocenters. The van der Waals surface area contributed by atoms with E-state index < -0.39 is 11.6 Å². The number of hydrogen-bond acceptors (Lipinski definition) is 2. The van der Waals surface area contributed by atoms with Gasteiger partial charge in [-0.25, -0.2) is 4.79 Å². The Labute approximate surface area is 98.2 Å². The standard InChI is InChI=1S/C13H24O3/c1-2-3-11-16-13(12(14)15)9-7-5-4-6-8-10-13/h2-11H2,1H3,(H,14,15). The van der Waals surface area contributed by atoms with Crippen molar-refractivity contribution < 1.29 is 14.6 Å². The van der Waals surface area contributed by atoms with Crippen molar-refractivity contribution in [3.63, 3.8) is 0 Å². The number of rotatable bonds is 5. The minimum atomic E-state index is -0.879. The van der Waals surface area contributed by atoms with Crippen LogP contribution in [-0.4, -0.2) is 23.3 Å². The van der Waals surface area contributed by atoms with E-state index in [2.05, 4.69) is 6.92 Å². The first kappa shape index (κ1) is 13.5. The fraction of sp³-hybridized carbons (Fsp3) is 0.923. The van der Waals surface area contributed by atoms with Crippen molar-refractivity contribution in [2.75, 3.05) is 6.61 Å². The molecular formula is C13H24O3. The highest BCUT2D eigenvalue weighted by Gasteiger charge is 2.38. The Morgan fingerprint density at radius 1 is 1.19 bits per heavy atom. The Bertz CT molecular complexity index is 205. The van der Waals surface area contributed by atoms with Crippen molar-refractivity contribution in [3.8, 4) is 0 Å². The molecule has 0 radical (unpaired) electrons. The minimum Gasteiger partial charge on any atom is -0.479 e. The van der Waals surface area contributed by atoms with Gasteiger partial charge < -0.3 is 9.84 Å². The summed E-state index contributed by atoms with van der Waals surface area (Å²) in [6, 6.07) is 0. The first-order chi connectivity index (χ1) is 7.71. The Kier molecular flexibility index (Phi) is 5.81. The van der Waals surface area contributed by atoms with E-state index in [1.165, 1.54) is 6.42 Å². The lowest BCUT2D eigenvalue weighted by molar-refractivity contribution is -0.169. The second-order valence-electron chi connectivity index (χ2n) is 4.77. The van der Waals surface area contributed by atoms with Crippen LogP contribution in [0.15, 0.2) is 0 Å². The van der Waals surface area contributed by atoms with Crippen LogP contribution in [0.2, 0.25) is 0 Å². The molecule has 0 spiro atoms. The average molecular weight is 228 g/mol. The van der Waals surface area contributed by atoms with Gasteiger partial charge in [-0.2, -0.15) is 0 Å². The van der Waals surface area contributed by atoms with Gasteiger partial charge in [0.05, 0.1) is 0 Å². The lowest BCUT2D eigenvalue weighted by Gasteiger charge is -2.31. The number of carboxylic acid groups (broad SMARTS) is 1. The maximum atomic E-state index is 11.4. The van der Waals surface area contributed by atoms with Crippen molar-refractivity contribution in [2.45, 2.75) is 70.3 Å². The van der Waals surface area contributed by atoms with Gasteiger partial charge in [0, 0.05) is 6.61 Å². The molecule has 1 aliphatic rings. The maximum Gasteiger partial charge on any atom is 0.335 e. The average Bonchev–Trinajstić information content (AvgIpc) is 2.21. The predicted molar refractivity (Wildman–Crippen MR) is 63.5 cm³/mol. The fourth-order valence-electron chi connectivity index (χ4n) is 2.31. The van der Waals surface area contributed by atoms with E-state index in [9.17, 15) is 9.90 Å². The summed E-state index contributed by atoms with van der Waals surface area (Å²) < 4.78 is 5.71. The summed E-state index contributed by atoms with van der Waals surface area (Å²) in [5.74, 6) is -0.759. The number of carboxylic acids is 1. The summed E-state index contributed by atoms with van der Waals surface area (Å²) in [6.07, 6.45) is 8.88. The Morgan fingerprint density at radius 2 is 1.75 bits per heavy atom. The molecule has 16 heavy (non-hydrogen) atoms. The summed E-state index contributed by atoms with van der Waals surface area (Å²) in [7, 11) is 0. The third-order valence-corrected chi connectivity index (χ3v) is 3.43. The molecule has 3 nitrogen and oxygen atoms in total. The first-order valence-electron chi connectivity index (χ1n) is 6.58. The third kappa shape index (κ3) is 3.78. The normalized spacial score (nSPS) is 21.1. The Morgan fingerprint density at radius 3 is 2.25 bits per heavy atom. The second-order valence-corrected chi connectivity index (χ2v) is 4.77. The topological polar surface area (TPSA) is 46.5 Å². The summed E-state index contributed by atoms with van der Waals surface area (Å²) in [5, 5.41) is 9.38. The first-order valence-corrected chi connectivity index (χ1v) is 6.58. The van der Waals surface area contributed by atoms with Crippen LogP contribution < -0.4 is 0 Å². The van der Waals surface area contributed by atoms with Gasteiger partial charge in [-0.3, -0.25) is 0 Å². The molecule has 0 bridgehead atoms. The van der Waals surface area contributed by atoms with Gasteiger partial charge in [0.1, 0.15) is 0 Å². The number of ether oxygens (including phenoxy) is 1. The lowest BCUT2D eigenvalue weighted by Crippen LogP contribution is -2.42. The lowest BCUT2D eigenvalue weighted by atomic mass is 9.87. The quantitative estimate of drug-likeness (QED) is 0.734. The zero-order chi connectivity index (χ0) is 11.9. The third-order valence-electron chi connectivity index (χ3n) is 3.43. The molecule has 0 saturated heterocycles. The van der Waals surface area contributed by atoms with E-state index in [1.54, 1.807) is 0 Å². The zero-order valence-electron chi connectivity index (χ0n) is 10.3. The van der Waals surface area contributed by atoms with Gasteiger partial charge in [0.2, 0.25) is 0 Å². The number of hydrogen-bond donors (Lipinski definition) is 1. The van der Waals surface area contributed by atoms with Crippen LogP contribution in [0, 0.1) is 0 Å². The molecule has 3 heteroatoms. The summed E-state index contributed by atoms with van der Waals surface area (Å²) >= 11 is 0. The highest BCUT2D eigenvalue weighted by Crippen LogP contribution is 2.30. The predicted octanol–water partition coefficient (Wildman–Crippen LogP) is 3.37. The van der Waals surface area contributed by atoms with Crippen molar-refractivity contribution >= 4 is 5.97 Å². The molecule has 0 heterocycles. The molecule has 0 aromatic heterocycles. The highest BCUT2D eigenvalue weighted by atomic mass is 16.5. The summed E-state index contributed by atoms with van der Waals surface area (Å²) in [5.41, 5.74) is -0.879. The molecule has 1 saturated carbocycles. The Balaban J connectivity index is 2.56. The molecule has 1 fully saturated rings. The smallest absolute Gasteiger partial charge is 0.335 e. The Hall–Kier alpha value is -0.570. The van der Waals surface area contributed by atoms with Crippen LogP contribution in [0.25, 0.3) is 0 Å². The maximum absolute atomic E-state index is 11.4. The monoisotopic (exact) mass is 228 g/mol. The van der Waals surface area contributed by atoms with E-state index in [0.717, 1.165) is 38.5 Å². The molecule has 0 aromatic rings. The van der Waals surface area contributed by atoms with Crippen LogP contribution in [0.3, 0.4) is 0 Å². The van der Waals surface area contributed by atoms with Crippen molar-refractivity contribution in [2.24, 2.45) is 0 Å². The van der Waals surface area contributed by atoms with Crippen molar-refractivity contribution in [3.05, 3.63) is 0 Å². The van der Waals surface area contributed by atoms with Gasteiger partial charge >= 0.3 is 5.97 Å². The molecular weight excluding hydrogens is 204 g/mol. The second kappa shape index (κ2) is 6.89. The van der Waals surface area contributed by atoms with Gasteiger partial charge in [0.15, 0.2) is 5.60 Å². The number of unbranched alkanes of at least 4 members (excludes halogenated alkanes) is 1. The van der Waals surface area contributed by atoms with Gasteiger partial charge in [-0.15, -0.1) is 0 Å². The van der Waals surface area contributed by atoms with Crippen LogP contribution in [0.4, 0.5) is 0 Å². The molecule has 0 amide bonds. The molecule has 0 aromatic carbocycles. The van der Waals surface area contributed by atoms with Crippen LogP contribution in [0.5, 0.6) is 0 Å². The van der Waals surface area contributed by atoms with Gasteiger partial charge in [-0.05, 0) is 32.1 Å². The molecule has 94 valence electrons. The molecule has 1 N–H and O–H groups in total. The zero-order valence-corrected chi connectivity index (χ0v) is 10.3. The van der Waals surface area contributed by atoms with Crippen LogP contribution in [0.1, 0.15) is 64.7 Å². The fourth-order valence-corrected chi connectivity index (χ4v) is 2.31. The largest absolute Gasteiger partial charge is 0.479 e. The molecule has 0 aliphatic heterocycles. The van der Waals surface area contributed by atoms with E-state index in [-0.39, 0.29) is 0 Å². The molecule has 0 atom stereocenters. The molecule has 1 aliphatic carbocycles. The van der Waals surface area contributed by atoms with E-state index >= 15 is 0 Å². The summed E-state index contributed by atoms with van der Waals surface area (Å²) in [4.78, 5) is 11.4. The van der Waals surface area contributed by atoms with Crippen molar-refractivity contribution in [1.82, 2.24) is 0 Å². The van der Waals surface area contributed by atoms with E-state index in [4.69, 9.17) is 4.74 Å². The molecule has 1 rings (SSSR count).